The minimum atomic E-state index is -0.0258. The third-order valence-corrected chi connectivity index (χ3v) is 3.92. The second-order valence-electron chi connectivity index (χ2n) is 5.59. The van der Waals surface area contributed by atoms with Crippen LogP contribution in [0.5, 0.6) is 0 Å². The molecule has 2 heteroatoms. The summed E-state index contributed by atoms with van der Waals surface area (Å²) in [4.78, 5) is 0. The molecule has 0 aliphatic heterocycles. The molecule has 1 aromatic carbocycles. The molecule has 0 unspecified atom stereocenters. The van der Waals surface area contributed by atoms with Crippen molar-refractivity contribution >= 4 is 5.69 Å². The summed E-state index contributed by atoms with van der Waals surface area (Å²) in [5.41, 5.74) is 5.74. The molecular weight excluding hydrogens is 232 g/mol. The van der Waals surface area contributed by atoms with Crippen LogP contribution in [-0.2, 0) is 0 Å². The Labute approximate surface area is 117 Å². The molecule has 0 aliphatic carbocycles. The number of hydrogen-bond donors (Lipinski definition) is 2. The Kier molecular flexibility index (Phi) is 4.96. The molecule has 104 valence electrons. The van der Waals surface area contributed by atoms with Gasteiger partial charge in [0.05, 0.1) is 0 Å². The highest BCUT2D eigenvalue weighted by Crippen LogP contribution is 2.24. The van der Waals surface area contributed by atoms with Crippen LogP contribution in [0, 0.1) is 6.92 Å². The molecule has 19 heavy (non-hydrogen) atoms. The van der Waals surface area contributed by atoms with Gasteiger partial charge in [0, 0.05) is 16.9 Å². The van der Waals surface area contributed by atoms with Crippen LogP contribution in [0.3, 0.4) is 0 Å². The molecule has 0 saturated carbocycles. The molecule has 0 atom stereocenters. The second kappa shape index (κ2) is 6.07. The van der Waals surface area contributed by atoms with E-state index in [9.17, 15) is 0 Å². The molecule has 1 aromatic rings. The Balaban J connectivity index is 2.89. The lowest BCUT2D eigenvalue weighted by molar-refractivity contribution is 0.493. The molecule has 0 aromatic heterocycles. The maximum atomic E-state index is 4.14. The molecule has 0 spiro atoms. The number of rotatable bonds is 5. The first-order valence-corrected chi connectivity index (χ1v) is 6.67. The van der Waals surface area contributed by atoms with Gasteiger partial charge in [-0.05, 0) is 64.9 Å². The fourth-order valence-electron chi connectivity index (χ4n) is 1.79. The average molecular weight is 258 g/mol. The van der Waals surface area contributed by atoms with Gasteiger partial charge in [0.15, 0.2) is 0 Å². The molecule has 0 radical (unpaired) electrons. The van der Waals surface area contributed by atoms with Crippen molar-refractivity contribution in [3.63, 3.8) is 0 Å². The zero-order chi connectivity index (χ0) is 14.6. The summed E-state index contributed by atoms with van der Waals surface area (Å²) in [6, 6.07) is 8.34. The summed E-state index contributed by atoms with van der Waals surface area (Å²) in [6.45, 7) is 14.8. The van der Waals surface area contributed by atoms with Crippen molar-refractivity contribution in [2.75, 3.05) is 12.4 Å². The molecule has 0 amide bonds. The van der Waals surface area contributed by atoms with Crippen LogP contribution < -0.4 is 10.6 Å². The van der Waals surface area contributed by atoms with E-state index in [1.54, 1.807) is 0 Å². The molecule has 0 bridgehead atoms. The van der Waals surface area contributed by atoms with E-state index in [-0.39, 0.29) is 5.54 Å². The Bertz CT molecular complexity index is 478. The van der Waals surface area contributed by atoms with Crippen LogP contribution in [0.1, 0.15) is 33.3 Å². The van der Waals surface area contributed by atoms with Crippen molar-refractivity contribution in [3.8, 4) is 0 Å². The van der Waals surface area contributed by atoms with Gasteiger partial charge in [-0.25, -0.2) is 0 Å². The number of nitrogens with one attached hydrogen (secondary N) is 2. The second-order valence-corrected chi connectivity index (χ2v) is 5.59. The van der Waals surface area contributed by atoms with Crippen LogP contribution in [0.25, 0.3) is 0 Å². The van der Waals surface area contributed by atoms with E-state index >= 15 is 0 Å². The van der Waals surface area contributed by atoms with Crippen LogP contribution in [0.2, 0.25) is 0 Å². The Hall–Kier alpha value is -1.54. The summed E-state index contributed by atoms with van der Waals surface area (Å²) in [5.74, 6) is 0. The van der Waals surface area contributed by atoms with Crippen LogP contribution in [0.4, 0.5) is 5.69 Å². The lowest BCUT2D eigenvalue weighted by atomic mass is 9.90. The first-order chi connectivity index (χ1) is 8.77. The number of aryl methyl sites for hydroxylation is 1. The highest BCUT2D eigenvalue weighted by molar-refractivity contribution is 5.54. The Morgan fingerprint density at radius 1 is 1.11 bits per heavy atom. The standard InChI is InChI=1S/C17H26N2/c1-12-8-10-16(11-9-12)19-15(4)13(2)14(3)17(5,6)18-7/h8-11,18-19H,4H2,1-3,5-7H3/b14-13+. The predicted molar refractivity (Wildman–Crippen MR) is 85.5 cm³/mol. The predicted octanol–water partition coefficient (Wildman–Crippen LogP) is 4.26. The van der Waals surface area contributed by atoms with Crippen LogP contribution in [0.15, 0.2) is 47.7 Å². The first kappa shape index (κ1) is 15.5. The zero-order valence-electron chi connectivity index (χ0n) is 13.0. The van der Waals surface area contributed by atoms with Crippen molar-refractivity contribution in [3.05, 3.63) is 53.3 Å². The quantitative estimate of drug-likeness (QED) is 0.771. The smallest absolute Gasteiger partial charge is 0.0384 e. The fourth-order valence-corrected chi connectivity index (χ4v) is 1.79. The number of allylic oxidation sites excluding steroid dienone is 1. The van der Waals surface area contributed by atoms with Gasteiger partial charge < -0.3 is 10.6 Å². The van der Waals surface area contributed by atoms with Crippen molar-refractivity contribution < 1.29 is 0 Å². The third kappa shape index (κ3) is 3.97. The highest BCUT2D eigenvalue weighted by atomic mass is 14.9. The summed E-state index contributed by atoms with van der Waals surface area (Å²) >= 11 is 0. The van der Waals surface area contributed by atoms with E-state index in [1.807, 2.05) is 7.05 Å². The largest absolute Gasteiger partial charge is 0.356 e. The Morgan fingerprint density at radius 3 is 2.11 bits per heavy atom. The van der Waals surface area contributed by atoms with Gasteiger partial charge in [0.25, 0.3) is 0 Å². The number of benzene rings is 1. The van der Waals surface area contributed by atoms with E-state index in [0.29, 0.717) is 0 Å². The van der Waals surface area contributed by atoms with Gasteiger partial charge >= 0.3 is 0 Å². The minimum absolute atomic E-state index is 0.0258. The highest BCUT2D eigenvalue weighted by Gasteiger charge is 2.19. The zero-order valence-corrected chi connectivity index (χ0v) is 13.0. The molecule has 2 N–H and O–H groups in total. The van der Waals surface area contributed by atoms with E-state index in [0.717, 1.165) is 11.4 Å². The van der Waals surface area contributed by atoms with Crippen molar-refractivity contribution in [2.24, 2.45) is 0 Å². The summed E-state index contributed by atoms with van der Waals surface area (Å²) in [5, 5.41) is 6.69. The Morgan fingerprint density at radius 2 is 1.63 bits per heavy atom. The normalized spacial score (nSPS) is 12.9. The molecule has 0 fully saturated rings. The monoisotopic (exact) mass is 258 g/mol. The average Bonchev–Trinajstić information content (AvgIpc) is 2.39. The van der Waals surface area contributed by atoms with Gasteiger partial charge in [0.1, 0.15) is 0 Å². The summed E-state index contributed by atoms with van der Waals surface area (Å²) < 4.78 is 0. The number of anilines is 1. The van der Waals surface area contributed by atoms with Gasteiger partial charge in [-0.3, -0.25) is 0 Å². The van der Waals surface area contributed by atoms with Gasteiger partial charge in [-0.15, -0.1) is 0 Å². The topological polar surface area (TPSA) is 24.1 Å². The van der Waals surface area contributed by atoms with Gasteiger partial charge in [0.2, 0.25) is 0 Å². The van der Waals surface area contributed by atoms with Crippen LogP contribution >= 0.6 is 0 Å². The van der Waals surface area contributed by atoms with Crippen molar-refractivity contribution in [1.29, 1.82) is 0 Å². The van der Waals surface area contributed by atoms with Gasteiger partial charge in [-0.1, -0.05) is 24.3 Å². The van der Waals surface area contributed by atoms with E-state index in [1.165, 1.54) is 16.7 Å². The minimum Gasteiger partial charge on any atom is -0.356 e. The lowest BCUT2D eigenvalue weighted by Crippen LogP contribution is -2.38. The SMILES string of the molecule is C=C(Nc1ccc(C)cc1)/C(C)=C(\C)C(C)(C)NC. The number of hydrogen-bond acceptors (Lipinski definition) is 2. The summed E-state index contributed by atoms with van der Waals surface area (Å²) in [7, 11) is 1.98. The van der Waals surface area contributed by atoms with Crippen molar-refractivity contribution in [2.45, 2.75) is 40.2 Å². The lowest BCUT2D eigenvalue weighted by Gasteiger charge is -2.28. The molecule has 2 nitrogen and oxygen atoms in total. The van der Waals surface area contributed by atoms with Gasteiger partial charge in [-0.2, -0.15) is 0 Å². The fraction of sp³-hybridized carbons (Fsp3) is 0.412. The maximum absolute atomic E-state index is 4.14. The van der Waals surface area contributed by atoms with Crippen molar-refractivity contribution in [1.82, 2.24) is 5.32 Å². The molecular formula is C17H26N2. The maximum Gasteiger partial charge on any atom is 0.0384 e. The number of likely N-dealkylation sites (N-methyl/N-ethyl adjacent to an activating group) is 1. The molecule has 1 rings (SSSR count). The van der Waals surface area contributed by atoms with E-state index < -0.39 is 0 Å². The van der Waals surface area contributed by atoms with Crippen LogP contribution in [-0.4, -0.2) is 12.6 Å². The molecule has 0 heterocycles. The first-order valence-electron chi connectivity index (χ1n) is 6.67. The van der Waals surface area contributed by atoms with E-state index in [2.05, 4.69) is 76.1 Å². The summed E-state index contributed by atoms with van der Waals surface area (Å²) in [6.07, 6.45) is 0. The third-order valence-electron chi connectivity index (χ3n) is 3.92. The molecule has 0 saturated heterocycles. The van der Waals surface area contributed by atoms with E-state index in [4.69, 9.17) is 0 Å². The molecule has 0 aliphatic rings.